The molecule has 0 spiro atoms. The number of nitro benzene ring substituents is 1. The van der Waals surface area contributed by atoms with Crippen LogP contribution in [-0.2, 0) is 9.59 Å². The monoisotopic (exact) mass is 511 g/mol. The van der Waals surface area contributed by atoms with E-state index < -0.39 is 16.7 Å². The Bertz CT molecular complexity index is 1310. The van der Waals surface area contributed by atoms with Gasteiger partial charge in [-0.2, -0.15) is 0 Å². The molecule has 2 aromatic carbocycles. The minimum absolute atomic E-state index is 0.0129. The molecule has 2 heterocycles. The van der Waals surface area contributed by atoms with Crippen molar-refractivity contribution >= 4 is 62.5 Å². The summed E-state index contributed by atoms with van der Waals surface area (Å²) in [5.41, 5.74) is 1.68. The fourth-order valence-electron chi connectivity index (χ4n) is 3.24. The first-order valence-electron chi connectivity index (χ1n) is 9.27. The topological polar surface area (TPSA) is 106 Å². The van der Waals surface area contributed by atoms with Gasteiger partial charge in [0.1, 0.15) is 17.1 Å². The molecule has 1 aliphatic rings. The minimum Gasteiger partial charge on any atom is -0.457 e. The average molecular weight is 512 g/mol. The molecule has 1 aliphatic heterocycles. The van der Waals surface area contributed by atoms with E-state index in [1.807, 2.05) is 0 Å². The molecule has 1 fully saturated rings. The number of furan rings is 1. The van der Waals surface area contributed by atoms with Gasteiger partial charge in [-0.05, 0) is 73.2 Å². The van der Waals surface area contributed by atoms with Crippen LogP contribution in [0.15, 0.2) is 69.1 Å². The third-order valence-corrected chi connectivity index (χ3v) is 5.60. The summed E-state index contributed by atoms with van der Waals surface area (Å²) in [4.78, 5) is 37.2. The maximum Gasteiger partial charge on any atom is 0.270 e. The van der Waals surface area contributed by atoms with Crippen molar-refractivity contribution in [1.29, 1.82) is 0 Å². The van der Waals surface area contributed by atoms with E-state index in [1.165, 1.54) is 23.1 Å². The molecule has 1 aromatic heterocycles. The highest BCUT2D eigenvalue weighted by Gasteiger charge is 2.34. The summed E-state index contributed by atoms with van der Waals surface area (Å²) in [6, 6.07) is 14.6. The zero-order valence-electron chi connectivity index (χ0n) is 16.5. The number of nitro groups is 1. The first-order chi connectivity index (χ1) is 15.2. The highest BCUT2D eigenvalue weighted by atomic mass is 79.9. The largest absolute Gasteiger partial charge is 0.457 e. The molecule has 2 amide bonds. The minimum atomic E-state index is -0.627. The van der Waals surface area contributed by atoms with Crippen molar-refractivity contribution in [3.63, 3.8) is 0 Å². The van der Waals surface area contributed by atoms with Gasteiger partial charge in [-0.15, -0.1) is 0 Å². The van der Waals surface area contributed by atoms with Crippen molar-refractivity contribution in [2.75, 3.05) is 4.90 Å². The van der Waals surface area contributed by atoms with Crippen molar-refractivity contribution in [2.24, 2.45) is 0 Å². The number of rotatable bonds is 4. The van der Waals surface area contributed by atoms with Crippen LogP contribution in [0.25, 0.3) is 17.4 Å². The lowest BCUT2D eigenvalue weighted by molar-refractivity contribution is -0.384. The number of hydrogen-bond acceptors (Lipinski definition) is 6. The predicted molar refractivity (Wildman–Crippen MR) is 126 cm³/mol. The third kappa shape index (κ3) is 4.10. The number of aryl methyl sites for hydroxylation is 1. The number of hydrogen-bond donors (Lipinski definition) is 1. The lowest BCUT2D eigenvalue weighted by Gasteiger charge is -2.28. The van der Waals surface area contributed by atoms with Crippen molar-refractivity contribution < 1.29 is 18.9 Å². The van der Waals surface area contributed by atoms with Crippen LogP contribution in [0.3, 0.4) is 0 Å². The average Bonchev–Trinajstić information content (AvgIpc) is 3.20. The number of thiocarbonyl (C=S) groups is 1. The maximum atomic E-state index is 13.1. The zero-order chi connectivity index (χ0) is 23.0. The Morgan fingerprint density at radius 2 is 1.84 bits per heavy atom. The fourth-order valence-corrected chi connectivity index (χ4v) is 3.78. The number of benzene rings is 2. The fraction of sp³-hybridized carbons (Fsp3) is 0.0455. The molecule has 0 bridgehead atoms. The summed E-state index contributed by atoms with van der Waals surface area (Å²) in [6.07, 6.45) is 1.34. The molecule has 8 nitrogen and oxygen atoms in total. The second-order valence-corrected chi connectivity index (χ2v) is 8.19. The van der Waals surface area contributed by atoms with Gasteiger partial charge >= 0.3 is 0 Å². The second kappa shape index (κ2) is 8.48. The number of amides is 2. The Kier molecular flexibility index (Phi) is 5.72. The highest BCUT2D eigenvalue weighted by molar-refractivity contribution is 9.10. The van der Waals surface area contributed by atoms with Gasteiger partial charge in [-0.1, -0.05) is 15.9 Å². The molecule has 160 valence electrons. The Balaban J connectivity index is 1.66. The van der Waals surface area contributed by atoms with E-state index in [2.05, 4.69) is 21.2 Å². The van der Waals surface area contributed by atoms with Crippen LogP contribution in [0.1, 0.15) is 11.3 Å². The van der Waals surface area contributed by atoms with E-state index in [9.17, 15) is 19.7 Å². The van der Waals surface area contributed by atoms with E-state index in [0.717, 1.165) is 4.47 Å². The van der Waals surface area contributed by atoms with Gasteiger partial charge in [0.25, 0.3) is 17.5 Å². The van der Waals surface area contributed by atoms with E-state index in [-0.39, 0.29) is 22.1 Å². The summed E-state index contributed by atoms with van der Waals surface area (Å²) >= 11 is 8.53. The van der Waals surface area contributed by atoms with Gasteiger partial charge in [-0.3, -0.25) is 29.9 Å². The number of nitrogens with one attached hydrogen (secondary N) is 1. The molecular weight excluding hydrogens is 498 g/mol. The molecule has 32 heavy (non-hydrogen) atoms. The number of non-ortho nitro benzene ring substituents is 1. The van der Waals surface area contributed by atoms with Gasteiger partial charge in [0.15, 0.2) is 5.11 Å². The van der Waals surface area contributed by atoms with Gasteiger partial charge in [0, 0.05) is 22.2 Å². The normalized spacial score (nSPS) is 15.2. The van der Waals surface area contributed by atoms with E-state index >= 15 is 0 Å². The van der Waals surface area contributed by atoms with Crippen molar-refractivity contribution in [3.8, 4) is 11.3 Å². The maximum absolute atomic E-state index is 13.1. The quantitative estimate of drug-likeness (QED) is 0.178. The molecule has 0 unspecified atom stereocenters. The van der Waals surface area contributed by atoms with Crippen LogP contribution < -0.4 is 10.2 Å². The first kappa shape index (κ1) is 21.6. The molecule has 0 atom stereocenters. The van der Waals surface area contributed by atoms with E-state index in [1.54, 1.807) is 49.4 Å². The zero-order valence-corrected chi connectivity index (χ0v) is 18.9. The molecular formula is C22H14BrN3O5S. The summed E-state index contributed by atoms with van der Waals surface area (Å²) in [7, 11) is 0. The number of halogens is 1. The second-order valence-electron chi connectivity index (χ2n) is 6.89. The number of carbonyl (C=O) groups is 2. The third-order valence-electron chi connectivity index (χ3n) is 4.79. The molecule has 0 radical (unpaired) electrons. The van der Waals surface area contributed by atoms with Gasteiger partial charge in [0.2, 0.25) is 0 Å². The van der Waals surface area contributed by atoms with Gasteiger partial charge < -0.3 is 4.42 Å². The van der Waals surface area contributed by atoms with Crippen LogP contribution in [-0.4, -0.2) is 21.9 Å². The Labute approximate surface area is 195 Å². The van der Waals surface area contributed by atoms with E-state index in [4.69, 9.17) is 16.6 Å². The van der Waals surface area contributed by atoms with Crippen molar-refractivity contribution in [2.45, 2.75) is 6.92 Å². The standard InChI is InChI=1S/C22H14BrN3O5S/c1-12-10-15(26(29)30)6-8-17(12)19-9-7-16(31-19)11-18-20(27)24-22(32)25(21(18)28)14-4-2-13(23)3-5-14/h2-11H,1H3,(H,24,27,32)/b18-11-. The summed E-state index contributed by atoms with van der Waals surface area (Å²) in [6.45, 7) is 1.73. The van der Waals surface area contributed by atoms with Crippen molar-refractivity contribution in [3.05, 3.63) is 86.1 Å². The smallest absolute Gasteiger partial charge is 0.270 e. The number of carbonyl (C=O) groups excluding carboxylic acids is 2. The van der Waals surface area contributed by atoms with E-state index in [0.29, 0.717) is 22.6 Å². The molecule has 0 saturated carbocycles. The number of nitrogens with zero attached hydrogens (tertiary/aromatic N) is 2. The Morgan fingerprint density at radius 1 is 1.12 bits per heavy atom. The summed E-state index contributed by atoms with van der Waals surface area (Å²) in [5.74, 6) is -0.476. The van der Waals surface area contributed by atoms with Gasteiger partial charge in [-0.25, -0.2) is 0 Å². The molecule has 1 N–H and O–H groups in total. The van der Waals surface area contributed by atoms with Crippen LogP contribution in [0.4, 0.5) is 11.4 Å². The Hall–Kier alpha value is -3.63. The SMILES string of the molecule is Cc1cc([N+](=O)[O-])ccc1-c1ccc(/C=C2/C(=O)NC(=S)N(c3ccc(Br)cc3)C2=O)o1. The number of anilines is 1. The first-order valence-corrected chi connectivity index (χ1v) is 10.5. The summed E-state index contributed by atoms with van der Waals surface area (Å²) < 4.78 is 6.63. The molecule has 10 heteroatoms. The summed E-state index contributed by atoms with van der Waals surface area (Å²) in [5, 5.41) is 13.5. The Morgan fingerprint density at radius 3 is 2.50 bits per heavy atom. The highest BCUT2D eigenvalue weighted by Crippen LogP contribution is 2.30. The van der Waals surface area contributed by atoms with Crippen LogP contribution in [0.5, 0.6) is 0 Å². The van der Waals surface area contributed by atoms with Gasteiger partial charge in [0.05, 0.1) is 10.6 Å². The van der Waals surface area contributed by atoms with Crippen molar-refractivity contribution in [1.82, 2.24) is 5.32 Å². The lowest BCUT2D eigenvalue weighted by atomic mass is 10.1. The van der Waals surface area contributed by atoms with Crippen LogP contribution in [0.2, 0.25) is 0 Å². The molecule has 4 rings (SSSR count). The molecule has 1 saturated heterocycles. The van der Waals surface area contributed by atoms with Crippen LogP contribution in [0, 0.1) is 17.0 Å². The van der Waals surface area contributed by atoms with Crippen LogP contribution >= 0.6 is 28.1 Å². The molecule has 0 aliphatic carbocycles. The predicted octanol–water partition coefficient (Wildman–Crippen LogP) is 4.76. The molecule has 3 aromatic rings. The lowest BCUT2D eigenvalue weighted by Crippen LogP contribution is -2.54.